The normalized spacial score (nSPS) is 10.1. The maximum atomic E-state index is 8.79. The maximum Gasteiger partial charge on any atom is 0.140 e. The second-order valence-corrected chi connectivity index (χ2v) is 4.66. The summed E-state index contributed by atoms with van der Waals surface area (Å²) in [6.45, 7) is 0.928. The van der Waals surface area contributed by atoms with Crippen LogP contribution < -0.4 is 10.5 Å². The number of hydrogen-bond donors (Lipinski definition) is 1. The third kappa shape index (κ3) is 3.70. The van der Waals surface area contributed by atoms with Crippen molar-refractivity contribution in [3.8, 4) is 11.8 Å². The molecule has 0 fully saturated rings. The molecule has 4 nitrogen and oxygen atoms in total. The standard InChI is InChI=1S/C15H14ClN3O/c16-14-8-11(3-5-17)1-2-15(14)20-10-12-4-6-19-13(7-12)9-18/h1-2,4,6-8H,3,5,10,17H2. The van der Waals surface area contributed by atoms with Gasteiger partial charge in [-0.15, -0.1) is 0 Å². The van der Waals surface area contributed by atoms with Gasteiger partial charge in [0.05, 0.1) is 5.02 Å². The number of ether oxygens (including phenoxy) is 1. The van der Waals surface area contributed by atoms with Crippen molar-refractivity contribution in [2.45, 2.75) is 13.0 Å². The van der Waals surface area contributed by atoms with E-state index in [4.69, 9.17) is 27.3 Å². The number of hydrogen-bond acceptors (Lipinski definition) is 4. The number of nitriles is 1. The van der Waals surface area contributed by atoms with E-state index in [2.05, 4.69) is 4.98 Å². The molecule has 0 aliphatic heterocycles. The number of nitrogens with two attached hydrogens (primary N) is 1. The largest absolute Gasteiger partial charge is 0.487 e. The van der Waals surface area contributed by atoms with Crippen molar-refractivity contribution >= 4 is 11.6 Å². The summed E-state index contributed by atoms with van der Waals surface area (Å²) in [4.78, 5) is 3.91. The minimum Gasteiger partial charge on any atom is -0.487 e. The van der Waals surface area contributed by atoms with Gasteiger partial charge in [0.25, 0.3) is 0 Å². The van der Waals surface area contributed by atoms with Gasteiger partial charge in [0.2, 0.25) is 0 Å². The summed E-state index contributed by atoms with van der Waals surface area (Å²) in [6, 6.07) is 11.1. The van der Waals surface area contributed by atoms with E-state index in [-0.39, 0.29) is 0 Å². The molecule has 1 aromatic carbocycles. The van der Waals surface area contributed by atoms with Crippen molar-refractivity contribution in [3.05, 3.63) is 58.4 Å². The first-order valence-corrected chi connectivity index (χ1v) is 6.57. The van der Waals surface area contributed by atoms with Crippen LogP contribution in [0.3, 0.4) is 0 Å². The average molecular weight is 288 g/mol. The number of nitrogens with zero attached hydrogens (tertiary/aromatic N) is 2. The third-order valence-corrected chi connectivity index (χ3v) is 3.06. The Bertz CT molecular complexity index is 637. The van der Waals surface area contributed by atoms with Gasteiger partial charge in [0.15, 0.2) is 0 Å². The Kier molecular flexibility index (Phi) is 4.94. The van der Waals surface area contributed by atoms with Crippen molar-refractivity contribution < 1.29 is 4.74 Å². The van der Waals surface area contributed by atoms with Crippen molar-refractivity contribution in [2.75, 3.05) is 6.54 Å². The molecule has 102 valence electrons. The van der Waals surface area contributed by atoms with Gasteiger partial charge in [-0.2, -0.15) is 5.26 Å². The van der Waals surface area contributed by atoms with E-state index < -0.39 is 0 Å². The van der Waals surface area contributed by atoms with E-state index in [1.54, 1.807) is 18.3 Å². The van der Waals surface area contributed by atoms with E-state index in [0.717, 1.165) is 17.5 Å². The van der Waals surface area contributed by atoms with Crippen LogP contribution in [-0.2, 0) is 13.0 Å². The molecule has 0 saturated carbocycles. The zero-order valence-corrected chi connectivity index (χ0v) is 11.6. The first kappa shape index (κ1) is 14.3. The Hall–Kier alpha value is -2.09. The second-order valence-electron chi connectivity index (χ2n) is 4.25. The Labute approximate surface area is 122 Å². The van der Waals surface area contributed by atoms with Crippen molar-refractivity contribution in [1.29, 1.82) is 5.26 Å². The van der Waals surface area contributed by atoms with Crippen LogP contribution in [0.1, 0.15) is 16.8 Å². The summed E-state index contributed by atoms with van der Waals surface area (Å²) in [7, 11) is 0. The lowest BCUT2D eigenvalue weighted by molar-refractivity contribution is 0.306. The minimum atomic E-state index is 0.340. The molecule has 0 radical (unpaired) electrons. The molecule has 0 spiro atoms. The fourth-order valence-electron chi connectivity index (χ4n) is 1.77. The molecule has 5 heteroatoms. The minimum absolute atomic E-state index is 0.340. The van der Waals surface area contributed by atoms with E-state index in [9.17, 15) is 0 Å². The fraction of sp³-hybridized carbons (Fsp3) is 0.200. The van der Waals surface area contributed by atoms with Gasteiger partial charge in [0, 0.05) is 6.20 Å². The molecular weight excluding hydrogens is 274 g/mol. The Morgan fingerprint density at radius 3 is 2.80 bits per heavy atom. The number of halogens is 1. The van der Waals surface area contributed by atoms with Gasteiger partial charge in [-0.3, -0.25) is 0 Å². The molecule has 20 heavy (non-hydrogen) atoms. The summed E-state index contributed by atoms with van der Waals surface area (Å²) in [5.41, 5.74) is 7.83. The highest BCUT2D eigenvalue weighted by Crippen LogP contribution is 2.26. The van der Waals surface area contributed by atoms with Crippen molar-refractivity contribution in [2.24, 2.45) is 5.73 Å². The first-order chi connectivity index (χ1) is 9.72. The summed E-state index contributed by atoms with van der Waals surface area (Å²) < 4.78 is 5.66. The van der Waals surface area contributed by atoms with Gasteiger partial charge >= 0.3 is 0 Å². The topological polar surface area (TPSA) is 71.9 Å². The fourth-order valence-corrected chi connectivity index (χ4v) is 2.03. The third-order valence-electron chi connectivity index (χ3n) is 2.76. The zero-order chi connectivity index (χ0) is 14.4. The zero-order valence-electron chi connectivity index (χ0n) is 10.8. The van der Waals surface area contributed by atoms with Gasteiger partial charge in [-0.25, -0.2) is 4.98 Å². The quantitative estimate of drug-likeness (QED) is 0.918. The molecule has 0 aliphatic carbocycles. The molecule has 2 N–H and O–H groups in total. The van der Waals surface area contributed by atoms with Crippen molar-refractivity contribution in [1.82, 2.24) is 4.98 Å². The van der Waals surface area contributed by atoms with Gasteiger partial charge in [-0.05, 0) is 48.4 Å². The number of aromatic nitrogens is 1. The summed E-state index contributed by atoms with van der Waals surface area (Å²) in [6.07, 6.45) is 2.37. The molecule has 0 unspecified atom stereocenters. The lowest BCUT2D eigenvalue weighted by Gasteiger charge is -2.09. The monoisotopic (exact) mass is 287 g/mol. The summed E-state index contributed by atoms with van der Waals surface area (Å²) >= 11 is 6.16. The van der Waals surface area contributed by atoms with Gasteiger partial charge in [0.1, 0.15) is 24.1 Å². The lowest BCUT2D eigenvalue weighted by Crippen LogP contribution is -2.03. The van der Waals surface area contributed by atoms with Crippen LogP contribution in [0.25, 0.3) is 0 Å². The van der Waals surface area contributed by atoms with Gasteiger partial charge < -0.3 is 10.5 Å². The lowest BCUT2D eigenvalue weighted by atomic mass is 10.1. The van der Waals surface area contributed by atoms with Crippen LogP contribution in [0.5, 0.6) is 5.75 Å². The Morgan fingerprint density at radius 1 is 1.25 bits per heavy atom. The van der Waals surface area contributed by atoms with Crippen LogP contribution in [0.4, 0.5) is 0 Å². The molecule has 1 aromatic heterocycles. The van der Waals surface area contributed by atoms with Gasteiger partial charge in [-0.1, -0.05) is 17.7 Å². The van der Waals surface area contributed by atoms with E-state index in [1.165, 1.54) is 0 Å². The van der Waals surface area contributed by atoms with Crippen LogP contribution >= 0.6 is 11.6 Å². The summed E-state index contributed by atoms with van der Waals surface area (Å²) in [5.74, 6) is 0.614. The number of rotatable bonds is 5. The molecule has 0 atom stereocenters. The van der Waals surface area contributed by atoms with Crippen LogP contribution in [0.2, 0.25) is 5.02 Å². The SMILES string of the molecule is N#Cc1cc(COc2ccc(CCN)cc2Cl)ccn1. The highest BCUT2D eigenvalue weighted by atomic mass is 35.5. The number of pyridine rings is 1. The smallest absolute Gasteiger partial charge is 0.140 e. The molecule has 1 heterocycles. The van der Waals surface area contributed by atoms with Crippen LogP contribution in [0, 0.1) is 11.3 Å². The van der Waals surface area contributed by atoms with E-state index in [1.807, 2.05) is 24.3 Å². The van der Waals surface area contributed by atoms with Crippen LogP contribution in [0.15, 0.2) is 36.5 Å². The molecule has 0 saturated heterocycles. The highest BCUT2D eigenvalue weighted by molar-refractivity contribution is 6.32. The van der Waals surface area contributed by atoms with E-state index >= 15 is 0 Å². The van der Waals surface area contributed by atoms with Crippen molar-refractivity contribution in [3.63, 3.8) is 0 Å². The predicted molar refractivity (Wildman–Crippen MR) is 77.5 cm³/mol. The average Bonchev–Trinajstić information content (AvgIpc) is 2.47. The maximum absolute atomic E-state index is 8.79. The van der Waals surface area contributed by atoms with E-state index in [0.29, 0.717) is 29.6 Å². The molecule has 0 amide bonds. The number of benzene rings is 1. The molecule has 2 rings (SSSR count). The predicted octanol–water partition coefficient (Wildman–Crippen LogP) is 2.69. The Balaban J connectivity index is 2.05. The van der Waals surface area contributed by atoms with Crippen LogP contribution in [-0.4, -0.2) is 11.5 Å². The molecule has 0 bridgehead atoms. The summed E-state index contributed by atoms with van der Waals surface area (Å²) in [5, 5.41) is 9.35. The highest BCUT2D eigenvalue weighted by Gasteiger charge is 2.04. The first-order valence-electron chi connectivity index (χ1n) is 6.19. The molecule has 2 aromatic rings. The second kappa shape index (κ2) is 6.90. The molecular formula is C15H14ClN3O. The molecule has 0 aliphatic rings. The Morgan fingerprint density at radius 2 is 2.10 bits per heavy atom.